The lowest BCUT2D eigenvalue weighted by Gasteiger charge is -2.13. The minimum absolute atomic E-state index is 0.108. The Labute approximate surface area is 141 Å². The molecule has 2 nitrogen and oxygen atoms in total. The highest BCUT2D eigenvalue weighted by Crippen LogP contribution is 2.21. The van der Waals surface area contributed by atoms with Gasteiger partial charge in [0.2, 0.25) is 0 Å². The maximum atomic E-state index is 6.18. The molecule has 2 aromatic carbocycles. The van der Waals surface area contributed by atoms with Crippen LogP contribution >= 0.6 is 15.9 Å². The standard InChI is InChI=1S/C19H23BrN2/c1-13(2)12-15-4-6-16(7-5-15)14(3)19(21)22-18-10-8-17(20)9-11-18/h4-11,13-14H,12H2,1-3H3,(H2,21,22). The summed E-state index contributed by atoms with van der Waals surface area (Å²) >= 11 is 3.42. The third-order valence-electron chi connectivity index (χ3n) is 3.65. The zero-order valence-electron chi connectivity index (χ0n) is 13.4. The fraction of sp³-hybridized carbons (Fsp3) is 0.316. The monoisotopic (exact) mass is 358 g/mol. The van der Waals surface area contributed by atoms with Gasteiger partial charge in [0.1, 0.15) is 5.84 Å². The minimum Gasteiger partial charge on any atom is -0.387 e. The van der Waals surface area contributed by atoms with Gasteiger partial charge in [-0.15, -0.1) is 0 Å². The van der Waals surface area contributed by atoms with Crippen molar-refractivity contribution in [1.29, 1.82) is 0 Å². The predicted molar refractivity (Wildman–Crippen MR) is 98.8 cm³/mol. The maximum Gasteiger partial charge on any atom is 0.107 e. The Morgan fingerprint density at radius 1 is 1.00 bits per heavy atom. The van der Waals surface area contributed by atoms with E-state index < -0.39 is 0 Å². The minimum atomic E-state index is 0.108. The van der Waals surface area contributed by atoms with Crippen molar-refractivity contribution < 1.29 is 0 Å². The number of nitrogens with zero attached hydrogens (tertiary/aromatic N) is 1. The molecule has 0 aliphatic heterocycles. The molecule has 0 aromatic heterocycles. The molecule has 0 saturated carbocycles. The van der Waals surface area contributed by atoms with E-state index in [0.717, 1.165) is 16.6 Å². The lowest BCUT2D eigenvalue weighted by Crippen LogP contribution is -2.19. The molecular formula is C19H23BrN2. The van der Waals surface area contributed by atoms with Crippen LogP contribution in [0.1, 0.15) is 37.8 Å². The maximum absolute atomic E-state index is 6.18. The number of benzene rings is 2. The number of halogens is 1. The highest BCUT2D eigenvalue weighted by molar-refractivity contribution is 9.10. The summed E-state index contributed by atoms with van der Waals surface area (Å²) in [6, 6.07) is 16.6. The van der Waals surface area contributed by atoms with E-state index in [1.54, 1.807) is 0 Å². The Morgan fingerprint density at radius 3 is 2.14 bits per heavy atom. The first-order valence-electron chi connectivity index (χ1n) is 7.64. The molecule has 22 heavy (non-hydrogen) atoms. The number of hydrogen-bond donors (Lipinski definition) is 1. The molecule has 2 rings (SSSR count). The van der Waals surface area contributed by atoms with Crippen LogP contribution in [-0.2, 0) is 6.42 Å². The molecule has 3 heteroatoms. The first kappa shape index (κ1) is 16.8. The second-order valence-corrected chi connectivity index (χ2v) is 6.99. The summed E-state index contributed by atoms with van der Waals surface area (Å²) in [6.45, 7) is 6.56. The van der Waals surface area contributed by atoms with E-state index in [4.69, 9.17) is 5.73 Å². The molecular weight excluding hydrogens is 336 g/mol. The molecule has 0 heterocycles. The highest BCUT2D eigenvalue weighted by atomic mass is 79.9. The molecule has 0 radical (unpaired) electrons. The molecule has 116 valence electrons. The van der Waals surface area contributed by atoms with E-state index in [1.807, 2.05) is 24.3 Å². The molecule has 2 aromatic rings. The second-order valence-electron chi connectivity index (χ2n) is 6.07. The topological polar surface area (TPSA) is 38.4 Å². The van der Waals surface area contributed by atoms with Crippen LogP contribution < -0.4 is 5.73 Å². The van der Waals surface area contributed by atoms with Gasteiger partial charge in [-0.3, -0.25) is 0 Å². The van der Waals surface area contributed by atoms with Gasteiger partial charge in [0.15, 0.2) is 0 Å². The normalized spacial score (nSPS) is 13.4. The van der Waals surface area contributed by atoms with Gasteiger partial charge in [0, 0.05) is 10.4 Å². The van der Waals surface area contributed by atoms with Gasteiger partial charge in [-0.2, -0.15) is 0 Å². The molecule has 0 spiro atoms. The van der Waals surface area contributed by atoms with E-state index in [0.29, 0.717) is 11.8 Å². The summed E-state index contributed by atoms with van der Waals surface area (Å²) in [5.74, 6) is 1.42. The summed E-state index contributed by atoms with van der Waals surface area (Å²) in [5.41, 5.74) is 9.62. The Balaban J connectivity index is 2.12. The van der Waals surface area contributed by atoms with Crippen molar-refractivity contribution in [3.63, 3.8) is 0 Å². The Bertz CT molecular complexity index is 627. The molecule has 1 atom stereocenters. The zero-order chi connectivity index (χ0) is 16.1. The van der Waals surface area contributed by atoms with Crippen LogP contribution in [0.4, 0.5) is 5.69 Å². The van der Waals surface area contributed by atoms with Crippen LogP contribution in [-0.4, -0.2) is 5.84 Å². The average molecular weight is 359 g/mol. The fourth-order valence-corrected chi connectivity index (χ4v) is 2.61. The highest BCUT2D eigenvalue weighted by Gasteiger charge is 2.10. The quantitative estimate of drug-likeness (QED) is 0.560. The number of aliphatic imine (C=N–C) groups is 1. The Morgan fingerprint density at radius 2 is 1.59 bits per heavy atom. The predicted octanol–water partition coefficient (Wildman–Crippen LogP) is 5.44. The van der Waals surface area contributed by atoms with E-state index >= 15 is 0 Å². The van der Waals surface area contributed by atoms with Crippen LogP contribution in [0.25, 0.3) is 0 Å². The second kappa shape index (κ2) is 7.59. The average Bonchev–Trinajstić information content (AvgIpc) is 2.49. The van der Waals surface area contributed by atoms with Crippen LogP contribution in [0.2, 0.25) is 0 Å². The van der Waals surface area contributed by atoms with Crippen LogP contribution in [0.5, 0.6) is 0 Å². The summed E-state index contributed by atoms with van der Waals surface area (Å²) in [6.07, 6.45) is 1.11. The lowest BCUT2D eigenvalue weighted by molar-refractivity contribution is 0.647. The van der Waals surface area contributed by atoms with Gasteiger partial charge < -0.3 is 5.73 Å². The molecule has 0 fully saturated rings. The Kier molecular flexibility index (Phi) is 5.78. The van der Waals surface area contributed by atoms with E-state index in [9.17, 15) is 0 Å². The van der Waals surface area contributed by atoms with Crippen molar-refractivity contribution in [2.45, 2.75) is 33.1 Å². The smallest absolute Gasteiger partial charge is 0.107 e. The third kappa shape index (κ3) is 4.70. The van der Waals surface area contributed by atoms with Gasteiger partial charge in [0.05, 0.1) is 5.69 Å². The van der Waals surface area contributed by atoms with E-state index in [-0.39, 0.29) is 5.92 Å². The van der Waals surface area contributed by atoms with Gasteiger partial charge in [-0.1, -0.05) is 61.0 Å². The van der Waals surface area contributed by atoms with Crippen molar-refractivity contribution in [2.24, 2.45) is 16.6 Å². The summed E-state index contributed by atoms with van der Waals surface area (Å²) < 4.78 is 1.04. The molecule has 1 unspecified atom stereocenters. The molecule has 0 bridgehead atoms. The number of rotatable bonds is 5. The van der Waals surface area contributed by atoms with Crippen molar-refractivity contribution >= 4 is 27.5 Å². The van der Waals surface area contributed by atoms with Crippen molar-refractivity contribution in [3.05, 3.63) is 64.1 Å². The first-order valence-corrected chi connectivity index (χ1v) is 8.43. The van der Waals surface area contributed by atoms with Gasteiger partial charge in [-0.25, -0.2) is 4.99 Å². The fourth-order valence-electron chi connectivity index (χ4n) is 2.35. The van der Waals surface area contributed by atoms with Crippen LogP contribution in [0.15, 0.2) is 58.0 Å². The summed E-state index contributed by atoms with van der Waals surface area (Å²) in [4.78, 5) is 4.52. The molecule has 0 saturated heterocycles. The summed E-state index contributed by atoms with van der Waals surface area (Å²) in [5, 5.41) is 0. The Hall–Kier alpha value is -1.61. The van der Waals surface area contributed by atoms with Crippen LogP contribution in [0, 0.1) is 5.92 Å². The molecule has 0 aliphatic rings. The van der Waals surface area contributed by atoms with Gasteiger partial charge >= 0.3 is 0 Å². The van der Waals surface area contributed by atoms with Crippen molar-refractivity contribution in [3.8, 4) is 0 Å². The van der Waals surface area contributed by atoms with E-state index in [1.165, 1.54) is 11.1 Å². The molecule has 0 amide bonds. The first-order chi connectivity index (χ1) is 10.5. The van der Waals surface area contributed by atoms with Gasteiger partial charge in [-0.05, 0) is 47.7 Å². The van der Waals surface area contributed by atoms with E-state index in [2.05, 4.69) is 66.0 Å². The number of hydrogen-bond acceptors (Lipinski definition) is 1. The number of amidine groups is 1. The van der Waals surface area contributed by atoms with Crippen molar-refractivity contribution in [1.82, 2.24) is 0 Å². The van der Waals surface area contributed by atoms with Crippen LogP contribution in [0.3, 0.4) is 0 Å². The zero-order valence-corrected chi connectivity index (χ0v) is 15.0. The SMILES string of the molecule is CC(C)Cc1ccc(C(C)C(N)=Nc2ccc(Br)cc2)cc1. The summed E-state index contributed by atoms with van der Waals surface area (Å²) in [7, 11) is 0. The largest absolute Gasteiger partial charge is 0.387 e. The lowest BCUT2D eigenvalue weighted by atomic mass is 9.96. The molecule has 0 aliphatic carbocycles. The van der Waals surface area contributed by atoms with Crippen molar-refractivity contribution in [2.75, 3.05) is 0 Å². The third-order valence-corrected chi connectivity index (χ3v) is 4.18. The molecule has 2 N–H and O–H groups in total. The van der Waals surface area contributed by atoms with Gasteiger partial charge in [0.25, 0.3) is 0 Å². The number of nitrogens with two attached hydrogens (primary N) is 1.